The highest BCUT2D eigenvalue weighted by atomic mass is 35.5. The minimum Gasteiger partial charge on any atom is -0.321 e. The number of pyridine rings is 1. The van der Waals surface area contributed by atoms with Gasteiger partial charge in [-0.25, -0.2) is 4.98 Å². The third-order valence-corrected chi connectivity index (χ3v) is 4.79. The topological polar surface area (TPSA) is 59.8 Å². The maximum absolute atomic E-state index is 12.8. The summed E-state index contributed by atoms with van der Waals surface area (Å²) >= 11 is 6.31. The number of anilines is 1. The van der Waals surface area contributed by atoms with Gasteiger partial charge in [0.2, 0.25) is 0 Å². The van der Waals surface area contributed by atoms with E-state index in [1.807, 2.05) is 39.1 Å². The Morgan fingerprint density at radius 2 is 2.04 bits per heavy atom. The van der Waals surface area contributed by atoms with E-state index in [9.17, 15) is 4.79 Å². The van der Waals surface area contributed by atoms with Crippen molar-refractivity contribution in [3.8, 4) is 0 Å². The normalized spacial score (nSPS) is 11.1. The van der Waals surface area contributed by atoms with Crippen LogP contribution in [0.5, 0.6) is 0 Å². The molecular weight excluding hydrogens is 336 g/mol. The van der Waals surface area contributed by atoms with Crippen LogP contribution in [0.2, 0.25) is 5.02 Å². The average Bonchev–Trinajstić information content (AvgIpc) is 2.89. The summed E-state index contributed by atoms with van der Waals surface area (Å²) in [5, 5.41) is 8.94. The number of nitrogens with zero attached hydrogens (tertiary/aromatic N) is 3. The predicted molar refractivity (Wildman–Crippen MR) is 101 cm³/mol. The second kappa shape index (κ2) is 6.84. The highest BCUT2D eigenvalue weighted by molar-refractivity contribution is 6.32. The van der Waals surface area contributed by atoms with E-state index in [0.29, 0.717) is 10.6 Å². The first-order valence-electron chi connectivity index (χ1n) is 8.37. The van der Waals surface area contributed by atoms with E-state index in [1.165, 1.54) is 0 Å². The van der Waals surface area contributed by atoms with Gasteiger partial charge in [-0.1, -0.05) is 31.5 Å². The molecule has 3 rings (SSSR count). The van der Waals surface area contributed by atoms with E-state index in [-0.39, 0.29) is 5.91 Å². The van der Waals surface area contributed by atoms with Crippen molar-refractivity contribution in [2.75, 3.05) is 5.32 Å². The lowest BCUT2D eigenvalue weighted by atomic mass is 10.0. The molecule has 130 valence electrons. The third-order valence-electron chi connectivity index (χ3n) is 4.44. The molecule has 1 aromatic carbocycles. The predicted octanol–water partition coefficient (Wildman–Crippen LogP) is 4.31. The average molecular weight is 357 g/mol. The lowest BCUT2D eigenvalue weighted by Gasteiger charge is -2.16. The minimum atomic E-state index is -0.190. The summed E-state index contributed by atoms with van der Waals surface area (Å²) in [7, 11) is 1.84. The molecule has 0 fully saturated rings. The van der Waals surface area contributed by atoms with Crippen LogP contribution in [0.3, 0.4) is 0 Å². The van der Waals surface area contributed by atoms with Crippen molar-refractivity contribution in [2.45, 2.75) is 33.6 Å². The summed E-state index contributed by atoms with van der Waals surface area (Å²) in [4.78, 5) is 17.2. The maximum Gasteiger partial charge on any atom is 0.257 e. The van der Waals surface area contributed by atoms with Crippen LogP contribution in [0.1, 0.15) is 41.0 Å². The second-order valence-corrected chi connectivity index (χ2v) is 6.43. The molecule has 1 N–H and O–H groups in total. The van der Waals surface area contributed by atoms with Gasteiger partial charge in [0, 0.05) is 29.3 Å². The maximum atomic E-state index is 12.8. The van der Waals surface area contributed by atoms with E-state index in [0.717, 1.165) is 46.4 Å². The monoisotopic (exact) mass is 356 g/mol. The summed E-state index contributed by atoms with van der Waals surface area (Å²) in [5.41, 5.74) is 4.96. The molecule has 0 aliphatic heterocycles. The van der Waals surface area contributed by atoms with E-state index in [4.69, 9.17) is 11.6 Å². The lowest BCUT2D eigenvalue weighted by Crippen LogP contribution is -2.15. The number of amides is 1. The smallest absolute Gasteiger partial charge is 0.257 e. The van der Waals surface area contributed by atoms with Gasteiger partial charge in [0.1, 0.15) is 0 Å². The van der Waals surface area contributed by atoms with Crippen LogP contribution in [0.25, 0.3) is 11.0 Å². The molecule has 25 heavy (non-hydrogen) atoms. The molecule has 2 heterocycles. The van der Waals surface area contributed by atoms with Gasteiger partial charge >= 0.3 is 0 Å². The Labute approximate surface area is 152 Å². The number of nitrogens with one attached hydrogen (secondary N) is 1. The number of carbonyl (C=O) groups is 1. The van der Waals surface area contributed by atoms with Crippen LogP contribution in [-0.4, -0.2) is 20.7 Å². The van der Waals surface area contributed by atoms with E-state index < -0.39 is 0 Å². The van der Waals surface area contributed by atoms with Crippen molar-refractivity contribution in [3.05, 3.63) is 51.8 Å². The Hall–Kier alpha value is -2.40. The molecule has 0 aliphatic carbocycles. The summed E-state index contributed by atoms with van der Waals surface area (Å²) in [6, 6.07) is 5.69. The van der Waals surface area contributed by atoms with Crippen LogP contribution in [-0.2, 0) is 19.9 Å². The minimum absolute atomic E-state index is 0.190. The molecule has 0 saturated carbocycles. The van der Waals surface area contributed by atoms with Crippen molar-refractivity contribution in [1.29, 1.82) is 0 Å². The fourth-order valence-corrected chi connectivity index (χ4v) is 3.38. The van der Waals surface area contributed by atoms with Crippen LogP contribution in [0, 0.1) is 6.92 Å². The molecular formula is C19H21ClN4O. The molecule has 0 spiro atoms. The summed E-state index contributed by atoms with van der Waals surface area (Å²) < 4.78 is 1.72. The van der Waals surface area contributed by atoms with Crippen molar-refractivity contribution >= 4 is 34.2 Å². The van der Waals surface area contributed by atoms with Gasteiger partial charge in [-0.05, 0) is 43.0 Å². The van der Waals surface area contributed by atoms with Crippen LogP contribution in [0.15, 0.2) is 24.4 Å². The van der Waals surface area contributed by atoms with Crippen LogP contribution >= 0.6 is 11.6 Å². The second-order valence-electron chi connectivity index (χ2n) is 6.03. The fraction of sp³-hybridized carbons (Fsp3) is 0.316. The lowest BCUT2D eigenvalue weighted by molar-refractivity contribution is 0.102. The zero-order chi connectivity index (χ0) is 18.1. The van der Waals surface area contributed by atoms with Crippen molar-refractivity contribution in [2.24, 2.45) is 7.05 Å². The highest BCUT2D eigenvalue weighted by Crippen LogP contribution is 2.30. The van der Waals surface area contributed by atoms with Crippen molar-refractivity contribution < 1.29 is 4.79 Å². The number of carbonyl (C=O) groups excluding carboxylic acids is 1. The number of halogens is 1. The zero-order valence-corrected chi connectivity index (χ0v) is 15.6. The first kappa shape index (κ1) is 17.4. The molecule has 0 unspecified atom stereocenters. The van der Waals surface area contributed by atoms with Crippen molar-refractivity contribution in [1.82, 2.24) is 14.8 Å². The highest BCUT2D eigenvalue weighted by Gasteiger charge is 2.16. The molecule has 6 heteroatoms. The number of aryl methyl sites for hydroxylation is 3. The van der Waals surface area contributed by atoms with E-state index >= 15 is 0 Å². The fourth-order valence-electron chi connectivity index (χ4n) is 3.08. The number of rotatable bonds is 4. The third kappa shape index (κ3) is 3.12. The molecule has 0 atom stereocenters. The van der Waals surface area contributed by atoms with Gasteiger partial charge in [0.25, 0.3) is 5.91 Å². The molecule has 0 saturated heterocycles. The Balaban J connectivity index is 2.00. The molecule has 0 radical (unpaired) electrons. The SMILES string of the molecule is CCc1ccc(Cl)c(CC)c1NC(=O)c1cnc2c(c1)c(C)nn2C. The largest absolute Gasteiger partial charge is 0.321 e. The summed E-state index contributed by atoms with van der Waals surface area (Å²) in [5.74, 6) is -0.190. The quantitative estimate of drug-likeness (QED) is 0.757. The summed E-state index contributed by atoms with van der Waals surface area (Å²) in [6.07, 6.45) is 3.15. The van der Waals surface area contributed by atoms with Gasteiger partial charge in [0.15, 0.2) is 5.65 Å². The molecule has 2 aromatic heterocycles. The Kier molecular flexibility index (Phi) is 4.77. The van der Waals surface area contributed by atoms with Crippen LogP contribution in [0.4, 0.5) is 5.69 Å². The van der Waals surface area contributed by atoms with Gasteiger partial charge < -0.3 is 5.32 Å². The number of hydrogen-bond donors (Lipinski definition) is 1. The zero-order valence-electron chi connectivity index (χ0n) is 14.9. The van der Waals surface area contributed by atoms with Gasteiger partial charge in [-0.15, -0.1) is 0 Å². The van der Waals surface area contributed by atoms with Crippen molar-refractivity contribution in [3.63, 3.8) is 0 Å². The van der Waals surface area contributed by atoms with Crippen LogP contribution < -0.4 is 5.32 Å². The Morgan fingerprint density at radius 3 is 2.72 bits per heavy atom. The standard InChI is InChI=1S/C19H21ClN4O/c1-5-12-7-8-16(20)14(6-2)17(12)22-19(25)13-9-15-11(3)23-24(4)18(15)21-10-13/h7-10H,5-6H2,1-4H3,(H,22,25). The molecule has 1 amide bonds. The number of fused-ring (bicyclic) bond motifs is 1. The Bertz CT molecular complexity index is 962. The number of benzene rings is 1. The molecule has 0 bridgehead atoms. The first-order chi connectivity index (χ1) is 12.0. The van der Waals surface area contributed by atoms with Gasteiger partial charge in [-0.2, -0.15) is 5.10 Å². The Morgan fingerprint density at radius 1 is 1.28 bits per heavy atom. The molecule has 0 aliphatic rings. The van der Waals surface area contributed by atoms with Gasteiger partial charge in [-0.3, -0.25) is 9.48 Å². The van der Waals surface area contributed by atoms with Gasteiger partial charge in [0.05, 0.1) is 11.3 Å². The molecule has 5 nitrogen and oxygen atoms in total. The summed E-state index contributed by atoms with van der Waals surface area (Å²) in [6.45, 7) is 6.00. The molecule has 3 aromatic rings. The van der Waals surface area contributed by atoms with E-state index in [2.05, 4.69) is 22.3 Å². The van der Waals surface area contributed by atoms with E-state index in [1.54, 1.807) is 10.9 Å². The number of hydrogen-bond acceptors (Lipinski definition) is 3. The first-order valence-corrected chi connectivity index (χ1v) is 8.75. The number of aromatic nitrogens is 3.